The molecule has 0 aliphatic rings. The van der Waals surface area contributed by atoms with Crippen LogP contribution < -0.4 is 20.1 Å². The molecule has 0 fully saturated rings. The van der Waals surface area contributed by atoms with Gasteiger partial charge in [0.2, 0.25) is 0 Å². The fourth-order valence-electron chi connectivity index (χ4n) is 2.80. The molecule has 0 aromatic heterocycles. The minimum Gasteiger partial charge on any atom is -0.483 e. The van der Waals surface area contributed by atoms with Crippen molar-refractivity contribution in [3.05, 3.63) is 82.9 Å². The zero-order valence-electron chi connectivity index (χ0n) is 17.3. The van der Waals surface area contributed by atoms with Crippen LogP contribution in [0.2, 0.25) is 5.02 Å². The standard InChI is InChI=1S/C24H23ClN2O4/c1-16-7-3-5-9-21(16)30-14-23(28)26-18-11-12-20(19(25)13-18)27-24(29)15-31-22-10-6-4-8-17(22)2/h3-13H,14-15H2,1-2H3,(H,26,28)(H,27,29). The van der Waals surface area contributed by atoms with Crippen molar-refractivity contribution in [3.8, 4) is 11.5 Å². The van der Waals surface area contributed by atoms with Gasteiger partial charge in [0, 0.05) is 5.69 Å². The Hall–Kier alpha value is -3.51. The number of halogens is 1. The van der Waals surface area contributed by atoms with Crippen LogP contribution in [0.3, 0.4) is 0 Å². The summed E-state index contributed by atoms with van der Waals surface area (Å²) in [7, 11) is 0. The van der Waals surface area contributed by atoms with Gasteiger partial charge in [0.05, 0.1) is 10.7 Å². The Morgan fingerprint density at radius 1 is 0.774 bits per heavy atom. The molecule has 3 aromatic carbocycles. The maximum absolute atomic E-state index is 12.2. The second kappa shape index (κ2) is 10.5. The Morgan fingerprint density at radius 2 is 1.29 bits per heavy atom. The molecular weight excluding hydrogens is 416 g/mol. The summed E-state index contributed by atoms with van der Waals surface area (Å²) in [5, 5.41) is 5.71. The summed E-state index contributed by atoms with van der Waals surface area (Å²) in [6.45, 7) is 3.54. The Labute approximate surface area is 186 Å². The van der Waals surface area contributed by atoms with Gasteiger partial charge in [-0.15, -0.1) is 0 Å². The second-order valence-corrected chi connectivity index (χ2v) is 7.31. The van der Waals surface area contributed by atoms with Gasteiger partial charge < -0.3 is 20.1 Å². The molecule has 3 rings (SSSR count). The molecule has 6 nitrogen and oxygen atoms in total. The third-order valence-corrected chi connectivity index (χ3v) is 4.74. The molecule has 0 unspecified atom stereocenters. The number of anilines is 2. The van der Waals surface area contributed by atoms with E-state index in [1.54, 1.807) is 30.3 Å². The highest BCUT2D eigenvalue weighted by molar-refractivity contribution is 6.34. The van der Waals surface area contributed by atoms with E-state index >= 15 is 0 Å². The van der Waals surface area contributed by atoms with E-state index in [0.29, 0.717) is 27.9 Å². The number of aryl methyl sites for hydroxylation is 2. The van der Waals surface area contributed by atoms with Crippen molar-refractivity contribution in [2.24, 2.45) is 0 Å². The second-order valence-electron chi connectivity index (χ2n) is 6.90. The Kier molecular flexibility index (Phi) is 7.51. The van der Waals surface area contributed by atoms with E-state index in [9.17, 15) is 9.59 Å². The first kappa shape index (κ1) is 22.2. The number of carbonyl (C=O) groups excluding carboxylic acids is 2. The SMILES string of the molecule is Cc1ccccc1OCC(=O)Nc1ccc(NC(=O)COc2ccccc2C)c(Cl)c1. The molecule has 0 spiro atoms. The maximum atomic E-state index is 12.2. The van der Waals surface area contributed by atoms with Gasteiger partial charge in [-0.2, -0.15) is 0 Å². The van der Waals surface area contributed by atoms with Crippen molar-refractivity contribution in [1.82, 2.24) is 0 Å². The molecule has 0 aliphatic heterocycles. The lowest BCUT2D eigenvalue weighted by Gasteiger charge is -2.12. The van der Waals surface area contributed by atoms with E-state index in [1.165, 1.54) is 0 Å². The molecular formula is C24H23ClN2O4. The van der Waals surface area contributed by atoms with Crippen molar-refractivity contribution >= 4 is 34.8 Å². The van der Waals surface area contributed by atoms with E-state index in [2.05, 4.69) is 10.6 Å². The number of rotatable bonds is 8. The average molecular weight is 439 g/mol. The molecule has 0 aliphatic carbocycles. The van der Waals surface area contributed by atoms with Crippen molar-refractivity contribution < 1.29 is 19.1 Å². The summed E-state index contributed by atoms with van der Waals surface area (Å²) in [6.07, 6.45) is 0. The molecule has 0 heterocycles. The minimum atomic E-state index is -0.339. The van der Waals surface area contributed by atoms with E-state index in [-0.39, 0.29) is 25.0 Å². The number of ether oxygens (including phenoxy) is 2. The summed E-state index contributed by atoms with van der Waals surface area (Å²) in [5.74, 6) is 0.646. The van der Waals surface area contributed by atoms with Gasteiger partial charge in [-0.25, -0.2) is 0 Å². The largest absolute Gasteiger partial charge is 0.483 e. The predicted octanol–water partition coefficient (Wildman–Crippen LogP) is 4.99. The van der Waals surface area contributed by atoms with Gasteiger partial charge in [0.15, 0.2) is 13.2 Å². The lowest BCUT2D eigenvalue weighted by Crippen LogP contribution is -2.21. The summed E-state index contributed by atoms with van der Waals surface area (Å²) in [4.78, 5) is 24.3. The highest BCUT2D eigenvalue weighted by Crippen LogP contribution is 2.26. The van der Waals surface area contributed by atoms with Gasteiger partial charge in [-0.3, -0.25) is 9.59 Å². The van der Waals surface area contributed by atoms with Crippen molar-refractivity contribution in [3.63, 3.8) is 0 Å². The van der Waals surface area contributed by atoms with Crippen LogP contribution in [0.1, 0.15) is 11.1 Å². The maximum Gasteiger partial charge on any atom is 0.262 e. The van der Waals surface area contributed by atoms with Crippen molar-refractivity contribution in [2.75, 3.05) is 23.8 Å². The number of carbonyl (C=O) groups is 2. The molecule has 160 valence electrons. The highest BCUT2D eigenvalue weighted by atomic mass is 35.5. The third-order valence-electron chi connectivity index (χ3n) is 4.43. The van der Waals surface area contributed by atoms with Crippen LogP contribution in [-0.4, -0.2) is 25.0 Å². The van der Waals surface area contributed by atoms with Crippen LogP contribution in [0, 0.1) is 13.8 Å². The average Bonchev–Trinajstić information content (AvgIpc) is 2.74. The fourth-order valence-corrected chi connectivity index (χ4v) is 3.03. The van der Waals surface area contributed by atoms with E-state index < -0.39 is 0 Å². The number of amides is 2. The zero-order valence-corrected chi connectivity index (χ0v) is 18.0. The van der Waals surface area contributed by atoms with Crippen LogP contribution in [0.15, 0.2) is 66.7 Å². The topological polar surface area (TPSA) is 76.7 Å². The molecule has 0 radical (unpaired) electrons. The molecule has 7 heteroatoms. The Bertz CT molecular complexity index is 1080. The van der Waals surface area contributed by atoms with E-state index in [4.69, 9.17) is 21.1 Å². The first-order chi connectivity index (χ1) is 14.9. The molecule has 0 saturated heterocycles. The molecule has 2 amide bonds. The number of benzene rings is 3. The number of para-hydroxylation sites is 2. The third kappa shape index (κ3) is 6.49. The van der Waals surface area contributed by atoms with Gasteiger partial charge >= 0.3 is 0 Å². The smallest absolute Gasteiger partial charge is 0.262 e. The van der Waals surface area contributed by atoms with Gasteiger partial charge in [0.1, 0.15) is 11.5 Å². The molecule has 0 saturated carbocycles. The quantitative estimate of drug-likeness (QED) is 0.519. The van der Waals surface area contributed by atoms with Crippen molar-refractivity contribution in [2.45, 2.75) is 13.8 Å². The Balaban J connectivity index is 1.51. The first-order valence-electron chi connectivity index (χ1n) is 9.68. The summed E-state index contributed by atoms with van der Waals surface area (Å²) in [5.41, 5.74) is 2.82. The van der Waals surface area contributed by atoms with Crippen molar-refractivity contribution in [1.29, 1.82) is 0 Å². The minimum absolute atomic E-state index is 0.128. The van der Waals surface area contributed by atoms with Gasteiger partial charge in [-0.05, 0) is 55.3 Å². The van der Waals surface area contributed by atoms with E-state index in [0.717, 1.165) is 11.1 Å². The van der Waals surface area contributed by atoms with Crippen LogP contribution >= 0.6 is 11.6 Å². The monoisotopic (exact) mass is 438 g/mol. The number of hydrogen-bond acceptors (Lipinski definition) is 4. The van der Waals surface area contributed by atoms with Gasteiger partial charge in [-0.1, -0.05) is 48.0 Å². The molecule has 3 aromatic rings. The summed E-state index contributed by atoms with van der Waals surface area (Å²) < 4.78 is 11.1. The first-order valence-corrected chi connectivity index (χ1v) is 10.1. The van der Waals surface area contributed by atoms with Crippen LogP contribution in [0.5, 0.6) is 11.5 Å². The zero-order chi connectivity index (χ0) is 22.2. The Morgan fingerprint density at radius 3 is 1.81 bits per heavy atom. The van der Waals surface area contributed by atoms with Crippen LogP contribution in [0.4, 0.5) is 11.4 Å². The van der Waals surface area contributed by atoms with Crippen LogP contribution in [0.25, 0.3) is 0 Å². The normalized spacial score (nSPS) is 10.3. The fraction of sp³-hybridized carbons (Fsp3) is 0.167. The predicted molar refractivity (Wildman–Crippen MR) is 122 cm³/mol. The molecule has 2 N–H and O–H groups in total. The van der Waals surface area contributed by atoms with Crippen LogP contribution in [-0.2, 0) is 9.59 Å². The number of nitrogens with one attached hydrogen (secondary N) is 2. The molecule has 0 bridgehead atoms. The molecule has 31 heavy (non-hydrogen) atoms. The number of hydrogen-bond donors (Lipinski definition) is 2. The van der Waals surface area contributed by atoms with E-state index in [1.807, 2.05) is 50.2 Å². The highest BCUT2D eigenvalue weighted by Gasteiger charge is 2.10. The summed E-state index contributed by atoms with van der Waals surface area (Å²) in [6, 6.07) is 19.7. The summed E-state index contributed by atoms with van der Waals surface area (Å²) >= 11 is 6.25. The lowest BCUT2D eigenvalue weighted by molar-refractivity contribution is -0.118. The van der Waals surface area contributed by atoms with Gasteiger partial charge in [0.25, 0.3) is 11.8 Å². The molecule has 0 atom stereocenters. The lowest BCUT2D eigenvalue weighted by atomic mass is 10.2.